The van der Waals surface area contributed by atoms with Gasteiger partial charge in [0.05, 0.1) is 47.8 Å². The molecule has 10 amide bonds. The predicted molar refractivity (Wildman–Crippen MR) is 508 cm³/mol. The molecule has 0 saturated heterocycles. The number of aromatic nitrogens is 4. The lowest BCUT2D eigenvalue weighted by atomic mass is 9.44. The summed E-state index contributed by atoms with van der Waals surface area (Å²) in [7, 11) is 0. The Morgan fingerprint density at radius 1 is 0.373 bits per heavy atom. The van der Waals surface area contributed by atoms with Crippen molar-refractivity contribution in [3.8, 4) is 28.7 Å². The maximum Gasteiger partial charge on any atom is 0.289 e. The number of thiazole rings is 1. The topological polar surface area (TPSA) is 428 Å². The molecule has 10 bridgehead atoms. The lowest BCUT2D eigenvalue weighted by Gasteiger charge is -2.70. The van der Waals surface area contributed by atoms with E-state index in [-0.39, 0.29) is 191 Å². The molecule has 0 aliphatic heterocycles. The quantitative estimate of drug-likeness (QED) is 0.0180. The number of furan rings is 1. The first-order valence-corrected chi connectivity index (χ1v) is 47.8. The molecule has 142 heavy (non-hydrogen) atoms. The highest BCUT2D eigenvalue weighted by Gasteiger charge is 2.73. The Balaban J connectivity index is 0.000000122. The molecule has 15 fully saturated rings. The van der Waals surface area contributed by atoms with Crippen LogP contribution in [-0.4, -0.2) is 167 Å². The SMILES string of the molecule is CCc1nc(C)c(C(=O)NC23CC(NC(=O)COc4ccc(Cl)c(F)c4)(C2)C3)o1.Cc1cc(OCC(=O)NC23CC(NC(=O)c4nc5ccccc5s4)(C2)C3)ccc1Cl.Cc1cnc(C(=O)NC23CC(NC(=O)COc4ccc(Cl)c(F)c4)(C2)C3)c(F)c1.Cc1occc1C(=O)NC12CC(NC(=O)COc3ccc(Cl)c(F)c3)(C1)C2.Cc1ocnc1C(=O)NC12CC(NC(=O)COc3ccc(Cl)c(F)c3)(C1)C2. The summed E-state index contributed by atoms with van der Waals surface area (Å²) in [6.45, 7) is 9.69. The summed E-state index contributed by atoms with van der Waals surface area (Å²) in [5.74, 6) is -2.50. The molecule has 10 N–H and O–H groups in total. The maximum atomic E-state index is 13.9. The molecule has 15 saturated carbocycles. The van der Waals surface area contributed by atoms with Gasteiger partial charge >= 0.3 is 0 Å². The van der Waals surface area contributed by atoms with E-state index >= 15 is 0 Å². The number of aryl methyl sites for hydroxylation is 6. The van der Waals surface area contributed by atoms with Crippen molar-refractivity contribution in [3.63, 3.8) is 0 Å². The van der Waals surface area contributed by atoms with E-state index in [1.807, 2.05) is 44.2 Å². The highest BCUT2D eigenvalue weighted by atomic mass is 35.5. The number of nitrogens with zero attached hydrogens (tertiary/aromatic N) is 4. The van der Waals surface area contributed by atoms with Crippen molar-refractivity contribution in [2.45, 2.75) is 200 Å². The van der Waals surface area contributed by atoms with E-state index < -0.39 is 46.1 Å². The van der Waals surface area contributed by atoms with Crippen LogP contribution in [0.3, 0.4) is 0 Å². The highest BCUT2D eigenvalue weighted by Crippen LogP contribution is 2.64. The van der Waals surface area contributed by atoms with Crippen molar-refractivity contribution in [2.75, 3.05) is 33.0 Å². The molecule has 0 spiro atoms. The molecule has 0 unspecified atom stereocenters. The summed E-state index contributed by atoms with van der Waals surface area (Å²) in [5.41, 5.74) is 0.469. The van der Waals surface area contributed by atoms with Crippen molar-refractivity contribution < 1.29 is 107 Å². The van der Waals surface area contributed by atoms with E-state index in [0.717, 1.165) is 59.3 Å². The summed E-state index contributed by atoms with van der Waals surface area (Å²) in [6.07, 6.45) is 14.7. The number of amides is 10. The average molecular weight is 2070 g/mol. The first-order chi connectivity index (χ1) is 67.4. The minimum atomic E-state index is -0.659. The zero-order valence-electron chi connectivity index (χ0n) is 77.0. The fraction of sp³-hybridized carbons (Fsp3) is 0.374. The van der Waals surface area contributed by atoms with E-state index in [1.54, 1.807) is 45.9 Å². The van der Waals surface area contributed by atoms with Gasteiger partial charge in [-0.25, -0.2) is 41.9 Å². The Bertz CT molecular complexity index is 6620. The predicted octanol–water partition coefficient (Wildman–Crippen LogP) is 15.1. The van der Waals surface area contributed by atoms with Crippen LogP contribution < -0.4 is 76.9 Å². The van der Waals surface area contributed by atoms with Gasteiger partial charge < -0.3 is 90.1 Å². The van der Waals surface area contributed by atoms with Crippen LogP contribution in [0.5, 0.6) is 28.7 Å². The molecule has 11 aromatic rings. The number of pyridine rings is 1. The lowest BCUT2D eigenvalue weighted by molar-refractivity contribution is -0.142. The van der Waals surface area contributed by atoms with E-state index in [9.17, 15) is 69.9 Å². The number of nitrogens with one attached hydrogen (secondary N) is 10. The molecule has 5 heterocycles. The number of ether oxygens (including phenoxy) is 5. The molecule has 0 radical (unpaired) electrons. The third-order valence-corrected chi connectivity index (χ3v) is 29.4. The van der Waals surface area contributed by atoms with Gasteiger partial charge in [0.1, 0.15) is 63.5 Å². The van der Waals surface area contributed by atoms with Crippen LogP contribution in [0, 0.1) is 63.7 Å². The zero-order valence-corrected chi connectivity index (χ0v) is 81.6. The molecular weight excluding hydrogens is 1980 g/mol. The van der Waals surface area contributed by atoms with Gasteiger partial charge in [-0.3, -0.25) is 47.9 Å². The van der Waals surface area contributed by atoms with Gasteiger partial charge in [0.15, 0.2) is 67.5 Å². The number of benzene rings is 6. The third-order valence-electron chi connectivity index (χ3n) is 26.7. The number of hydrogen-bond acceptors (Lipinski definition) is 23. The van der Waals surface area contributed by atoms with Crippen molar-refractivity contribution in [1.82, 2.24) is 73.1 Å². The largest absolute Gasteiger partial charge is 0.484 e. The van der Waals surface area contributed by atoms with Gasteiger partial charge in [-0.1, -0.05) is 77.1 Å². The molecule has 0 atom stereocenters. The van der Waals surface area contributed by atoms with E-state index in [4.69, 9.17) is 94.9 Å². The smallest absolute Gasteiger partial charge is 0.289 e. The van der Waals surface area contributed by atoms with Crippen LogP contribution in [0.4, 0.5) is 22.0 Å². The van der Waals surface area contributed by atoms with Gasteiger partial charge in [-0.2, -0.15) is 0 Å². The lowest BCUT2D eigenvalue weighted by Crippen LogP contribution is -2.84. The average Bonchev–Trinajstić information content (AvgIpc) is 1.38. The molecule has 5 aromatic heterocycles. The number of fused-ring (bicyclic) bond motifs is 1. The molecule has 32 nitrogen and oxygen atoms in total. The van der Waals surface area contributed by atoms with Crippen molar-refractivity contribution >= 4 is 139 Å². The van der Waals surface area contributed by atoms with Crippen LogP contribution in [0.25, 0.3) is 10.2 Å². The van der Waals surface area contributed by atoms with Crippen LogP contribution >= 0.6 is 69.3 Å². The zero-order chi connectivity index (χ0) is 101. The van der Waals surface area contributed by atoms with Gasteiger partial charge in [0.25, 0.3) is 59.1 Å². The van der Waals surface area contributed by atoms with E-state index in [1.165, 1.54) is 84.8 Å². The molecule has 43 heteroatoms. The maximum absolute atomic E-state index is 13.9. The molecule has 15 aliphatic carbocycles. The fourth-order valence-corrected chi connectivity index (χ4v) is 22.2. The second-order valence-electron chi connectivity index (χ2n) is 38.5. The Hall–Kier alpha value is -13.1. The number of carbonyl (C=O) groups excluding carboxylic acids is 10. The number of hydrogen-bond donors (Lipinski definition) is 10. The van der Waals surface area contributed by atoms with Crippen LogP contribution in [0.2, 0.25) is 25.1 Å². The molecule has 744 valence electrons. The summed E-state index contributed by atoms with van der Waals surface area (Å²) in [5, 5.41) is 30.8. The number of oxazole rings is 2. The second-order valence-corrected chi connectivity index (χ2v) is 41.5. The standard InChI is InChI=1S/C22H20ClN3O3S.C20H18ClF2N3O3.C20H21ClFN3O4.C19H18ClFN2O4.C18H17ClFN3O4/c1-13-8-14(6-7-15(13)23)29-9-18(27)25-21-10-22(11-21,12-21)26-19(28)20-24-16-4-2-3-5-17(16)30-20;1-11-4-15(23)17(24-6-11)18(28)26-20-8-19(9-20,10-20)25-16(27)7-29-12-2-3-13(21)14(22)5-12;1-3-16-23-11(2)17(29-16)18(27)25-20-8-19(9-20,10-20)24-15(26)7-28-12-4-5-13(21)14(22)6-12;1-11-13(4-5-26-11)17(25)23-19-8-18(9-19,10-19)22-16(24)7-27-12-2-3-14(20)15(21)6-12;1-10-15(21-9-27-10)16(25)23-18-6-17(7-18,8-18)22-14(24)5-26-11-2-3-12(19)13(20)4-11/h2-8H,9-12H2,1H3,(H,25,27)(H,26,28);2-6H,7-10H2,1H3,(H,25,27)(H,26,28);4-6H,3,7-10H2,1-2H3,(H,24,26)(H,25,27);2-6H,7-10H2,1H3,(H,22,24)(H,23,25);2-4,9H,5-8H2,1H3,(H,22,24)(H,23,25). The van der Waals surface area contributed by atoms with Crippen LogP contribution in [-0.2, 0) is 30.4 Å². The first-order valence-electron chi connectivity index (χ1n) is 45.1. The molecule has 26 rings (SSSR count). The van der Waals surface area contributed by atoms with Gasteiger partial charge in [-0.15, -0.1) is 11.3 Å². The second kappa shape index (κ2) is 39.3. The number of halogens is 10. The van der Waals surface area contributed by atoms with Crippen molar-refractivity contribution in [1.29, 1.82) is 0 Å². The van der Waals surface area contributed by atoms with Crippen LogP contribution in [0.1, 0.15) is 189 Å². The van der Waals surface area contributed by atoms with Gasteiger partial charge in [0, 0.05) is 97.3 Å². The summed E-state index contributed by atoms with van der Waals surface area (Å²) < 4.78 is 111. The monoisotopic (exact) mass is 2070 g/mol. The minimum absolute atomic E-state index is 0.00127. The first kappa shape index (κ1) is 100. The Morgan fingerprint density at radius 3 is 1.06 bits per heavy atom. The van der Waals surface area contributed by atoms with E-state index in [2.05, 4.69) is 73.1 Å². The summed E-state index contributed by atoms with van der Waals surface area (Å²) in [4.78, 5) is 139. The Labute approximate surface area is 837 Å². The Morgan fingerprint density at radius 2 is 0.725 bits per heavy atom. The third kappa shape index (κ3) is 21.9. The Kier molecular flexibility index (Phi) is 27.8. The number of rotatable bonds is 31. The normalized spacial score (nSPS) is 24.5. The van der Waals surface area contributed by atoms with Gasteiger partial charge in [0.2, 0.25) is 5.76 Å². The summed E-state index contributed by atoms with van der Waals surface area (Å²) >= 11 is 29.8. The van der Waals surface area contributed by atoms with Gasteiger partial charge in [-0.05, 0) is 233 Å². The molecule has 6 aromatic carbocycles. The molecular formula is C99H94Cl5F5N14O18S. The highest BCUT2D eigenvalue weighted by molar-refractivity contribution is 7.20. The van der Waals surface area contributed by atoms with E-state index in [0.29, 0.717) is 133 Å². The fourth-order valence-electron chi connectivity index (χ4n) is 20.8. The van der Waals surface area contributed by atoms with Crippen molar-refractivity contribution in [2.24, 2.45) is 0 Å². The number of carbonyl (C=O) groups is 10. The summed E-state index contributed by atoms with van der Waals surface area (Å²) in [6, 6.07) is 31.9. The molecule has 15 aliphatic rings. The van der Waals surface area contributed by atoms with Crippen molar-refractivity contribution in [3.05, 3.63) is 262 Å². The minimum Gasteiger partial charge on any atom is -0.484 e. The number of para-hydroxylation sites is 1. The van der Waals surface area contributed by atoms with Crippen LogP contribution in [0.15, 0.2) is 159 Å².